The molecule has 4 aliphatic rings. The fourth-order valence-electron chi connectivity index (χ4n) is 7.12. The number of ether oxygens (including phenoxy) is 3. The molecule has 1 saturated heterocycles. The van der Waals surface area contributed by atoms with E-state index in [1.807, 2.05) is 0 Å². The molecule has 4 fully saturated rings. The van der Waals surface area contributed by atoms with Gasteiger partial charge in [0, 0.05) is 25.6 Å². The highest BCUT2D eigenvalue weighted by Crippen LogP contribution is 2.65. The summed E-state index contributed by atoms with van der Waals surface area (Å²) in [6.07, 6.45) is 6.15. The minimum absolute atomic E-state index is 0.198. The fraction of sp³-hybridized carbons (Fsp3) is 0.731. The number of carbonyl (C=O) groups excluding carboxylic acids is 1. The molecule has 0 spiro atoms. The Morgan fingerprint density at radius 3 is 2.81 bits per heavy atom. The average Bonchev–Trinajstić information content (AvgIpc) is 3.49. The first-order chi connectivity index (χ1) is 15.5. The maximum absolute atomic E-state index is 14.8. The number of morpholine rings is 1. The third-order valence-corrected chi connectivity index (χ3v) is 8.70. The van der Waals surface area contributed by atoms with Gasteiger partial charge in [-0.15, -0.1) is 0 Å². The number of hydrogen-bond acceptors (Lipinski definition) is 5. The van der Waals surface area contributed by atoms with Gasteiger partial charge >= 0.3 is 5.97 Å². The molecule has 0 amide bonds. The predicted molar refractivity (Wildman–Crippen MR) is 119 cm³/mol. The molecule has 2 bridgehead atoms. The van der Waals surface area contributed by atoms with Crippen LogP contribution in [0.5, 0.6) is 5.75 Å². The van der Waals surface area contributed by atoms with Crippen LogP contribution in [-0.2, 0) is 9.47 Å². The highest BCUT2D eigenvalue weighted by Gasteiger charge is 2.63. The van der Waals surface area contributed by atoms with E-state index in [0.29, 0.717) is 55.6 Å². The second-order valence-corrected chi connectivity index (χ2v) is 10.5. The molecule has 0 N–H and O–H groups in total. The van der Waals surface area contributed by atoms with Crippen LogP contribution in [0.15, 0.2) is 18.2 Å². The zero-order valence-corrected chi connectivity index (χ0v) is 19.4. The van der Waals surface area contributed by atoms with Gasteiger partial charge < -0.3 is 14.2 Å². The van der Waals surface area contributed by atoms with Crippen LogP contribution >= 0.6 is 0 Å². The molecule has 5 rings (SSSR count). The lowest BCUT2D eigenvalue weighted by Crippen LogP contribution is -2.50. The molecule has 5 nitrogen and oxygen atoms in total. The SMILES string of the molecule is CC(C)C1(Oc2cc(C(=O)OCCN3CCOCC3)ccc2F)CC2CC1C1CCCC21. The largest absolute Gasteiger partial charge is 0.484 e. The molecule has 6 heteroatoms. The number of fused-ring (bicyclic) bond motifs is 5. The van der Waals surface area contributed by atoms with Gasteiger partial charge in [-0.1, -0.05) is 20.3 Å². The van der Waals surface area contributed by atoms with Crippen molar-refractivity contribution in [3.05, 3.63) is 29.6 Å². The van der Waals surface area contributed by atoms with Crippen LogP contribution < -0.4 is 4.74 Å². The average molecular weight is 446 g/mol. The van der Waals surface area contributed by atoms with Crippen molar-refractivity contribution in [2.24, 2.45) is 29.6 Å². The van der Waals surface area contributed by atoms with Crippen LogP contribution in [0.3, 0.4) is 0 Å². The summed E-state index contributed by atoms with van der Waals surface area (Å²) in [6.45, 7) is 8.54. The van der Waals surface area contributed by atoms with Crippen molar-refractivity contribution in [3.63, 3.8) is 0 Å². The molecule has 0 radical (unpaired) electrons. The molecule has 5 unspecified atom stereocenters. The minimum atomic E-state index is -0.425. The summed E-state index contributed by atoms with van der Waals surface area (Å²) in [6, 6.07) is 4.39. The first-order valence-electron chi connectivity index (χ1n) is 12.4. The van der Waals surface area contributed by atoms with Gasteiger partial charge in [0.1, 0.15) is 12.2 Å². The zero-order chi connectivity index (χ0) is 22.3. The van der Waals surface area contributed by atoms with E-state index >= 15 is 0 Å². The van der Waals surface area contributed by atoms with Gasteiger partial charge in [0.2, 0.25) is 0 Å². The van der Waals surface area contributed by atoms with Crippen molar-refractivity contribution in [2.75, 3.05) is 39.5 Å². The van der Waals surface area contributed by atoms with Crippen LogP contribution in [0.4, 0.5) is 4.39 Å². The van der Waals surface area contributed by atoms with Crippen molar-refractivity contribution < 1.29 is 23.4 Å². The lowest BCUT2D eigenvalue weighted by molar-refractivity contribution is -0.0605. The molecule has 32 heavy (non-hydrogen) atoms. The maximum atomic E-state index is 14.8. The van der Waals surface area contributed by atoms with Gasteiger partial charge in [-0.25, -0.2) is 9.18 Å². The molecule has 1 aromatic rings. The molecule has 3 aliphatic carbocycles. The lowest BCUT2D eigenvalue weighted by atomic mass is 9.68. The summed E-state index contributed by atoms with van der Waals surface area (Å²) in [7, 11) is 0. The number of carbonyl (C=O) groups is 1. The monoisotopic (exact) mass is 445 g/mol. The number of halogens is 1. The van der Waals surface area contributed by atoms with E-state index in [1.165, 1.54) is 37.8 Å². The molecule has 0 aromatic heterocycles. The highest BCUT2D eigenvalue weighted by molar-refractivity contribution is 5.89. The van der Waals surface area contributed by atoms with Crippen molar-refractivity contribution in [3.8, 4) is 5.75 Å². The molecule has 176 valence electrons. The van der Waals surface area contributed by atoms with Crippen LogP contribution in [0.25, 0.3) is 0 Å². The topological polar surface area (TPSA) is 48.0 Å². The molecule has 3 saturated carbocycles. The molecular weight excluding hydrogens is 409 g/mol. The van der Waals surface area contributed by atoms with Gasteiger partial charge in [-0.05, 0) is 67.6 Å². The Morgan fingerprint density at radius 2 is 2.03 bits per heavy atom. The van der Waals surface area contributed by atoms with E-state index in [9.17, 15) is 9.18 Å². The van der Waals surface area contributed by atoms with Gasteiger partial charge in [0.05, 0.1) is 18.8 Å². The molecule has 1 aliphatic heterocycles. The Hall–Kier alpha value is -1.66. The normalized spacial score (nSPS) is 34.1. The van der Waals surface area contributed by atoms with Crippen molar-refractivity contribution in [1.82, 2.24) is 4.90 Å². The van der Waals surface area contributed by atoms with E-state index in [1.54, 1.807) is 6.07 Å². The summed E-state index contributed by atoms with van der Waals surface area (Å²) in [5.41, 5.74) is 0.0137. The summed E-state index contributed by atoms with van der Waals surface area (Å²) in [5, 5.41) is 0. The van der Waals surface area contributed by atoms with Crippen LogP contribution in [0.1, 0.15) is 56.3 Å². The third-order valence-electron chi connectivity index (χ3n) is 8.70. The van der Waals surface area contributed by atoms with Gasteiger partial charge in [0.25, 0.3) is 0 Å². The minimum Gasteiger partial charge on any atom is -0.484 e. The second kappa shape index (κ2) is 8.94. The Morgan fingerprint density at radius 1 is 1.25 bits per heavy atom. The second-order valence-electron chi connectivity index (χ2n) is 10.5. The van der Waals surface area contributed by atoms with Crippen LogP contribution in [-0.4, -0.2) is 55.9 Å². The quantitative estimate of drug-likeness (QED) is 0.577. The van der Waals surface area contributed by atoms with E-state index < -0.39 is 11.8 Å². The number of nitrogens with zero attached hydrogens (tertiary/aromatic N) is 1. The van der Waals surface area contributed by atoms with E-state index in [0.717, 1.165) is 25.4 Å². The maximum Gasteiger partial charge on any atom is 0.338 e. The highest BCUT2D eigenvalue weighted by atomic mass is 19.1. The van der Waals surface area contributed by atoms with E-state index in [2.05, 4.69) is 18.7 Å². The van der Waals surface area contributed by atoms with Crippen molar-refractivity contribution >= 4 is 5.97 Å². The Bertz CT molecular complexity index is 839. The number of esters is 1. The summed E-state index contributed by atoms with van der Waals surface area (Å²) in [5.74, 6) is 2.41. The molecule has 1 heterocycles. The first-order valence-corrected chi connectivity index (χ1v) is 12.4. The standard InChI is InChI=1S/C26H36FNO4/c1-17(2)26(16-19-14-22(26)21-5-3-4-20(19)21)32-24-15-18(6-7-23(24)27)25(29)31-13-10-28-8-11-30-12-9-28/h6-7,15,17,19-22H,3-5,8-14,16H2,1-2H3. The van der Waals surface area contributed by atoms with Gasteiger partial charge in [-0.2, -0.15) is 0 Å². The first kappa shape index (κ1) is 22.1. The lowest BCUT2D eigenvalue weighted by Gasteiger charge is -2.46. The Labute approximate surface area is 190 Å². The summed E-state index contributed by atoms with van der Waals surface area (Å²) < 4.78 is 32.2. The van der Waals surface area contributed by atoms with E-state index in [-0.39, 0.29) is 11.4 Å². The number of rotatable bonds is 7. The fourth-order valence-corrected chi connectivity index (χ4v) is 7.12. The van der Waals surface area contributed by atoms with Crippen molar-refractivity contribution in [1.29, 1.82) is 0 Å². The number of hydrogen-bond donors (Lipinski definition) is 0. The van der Waals surface area contributed by atoms with Gasteiger partial charge in [0.15, 0.2) is 11.6 Å². The Kier molecular flexibility index (Phi) is 6.19. The van der Waals surface area contributed by atoms with Crippen LogP contribution in [0, 0.1) is 35.4 Å². The van der Waals surface area contributed by atoms with Gasteiger partial charge in [-0.3, -0.25) is 4.90 Å². The summed E-state index contributed by atoms with van der Waals surface area (Å²) >= 11 is 0. The molecule has 1 aromatic carbocycles. The smallest absolute Gasteiger partial charge is 0.338 e. The molecular formula is C26H36FNO4. The number of benzene rings is 1. The van der Waals surface area contributed by atoms with E-state index in [4.69, 9.17) is 14.2 Å². The summed E-state index contributed by atoms with van der Waals surface area (Å²) in [4.78, 5) is 14.9. The zero-order valence-electron chi connectivity index (χ0n) is 19.4. The van der Waals surface area contributed by atoms with Crippen LogP contribution in [0.2, 0.25) is 0 Å². The third kappa shape index (κ3) is 3.94. The van der Waals surface area contributed by atoms with Crippen molar-refractivity contribution in [2.45, 2.75) is 51.6 Å². The Balaban J connectivity index is 1.27. The molecule has 5 atom stereocenters. The predicted octanol–water partition coefficient (Wildman–Crippen LogP) is 4.54.